The molecule has 0 aliphatic rings. The Kier molecular flexibility index (Phi) is 4.42. The molecule has 2 aromatic rings. The molecule has 0 spiro atoms. The van der Waals surface area contributed by atoms with Gasteiger partial charge >= 0.3 is 5.97 Å². The second kappa shape index (κ2) is 6.07. The van der Waals surface area contributed by atoms with Crippen LogP contribution in [0.2, 0.25) is 10.0 Å². The summed E-state index contributed by atoms with van der Waals surface area (Å²) in [5.74, 6) is -1.34. The number of carbonyl (C=O) groups is 2. The van der Waals surface area contributed by atoms with Crippen molar-refractivity contribution >= 4 is 35.0 Å². The summed E-state index contributed by atoms with van der Waals surface area (Å²) < 4.78 is 0. The zero-order valence-corrected chi connectivity index (χ0v) is 11.8. The molecule has 0 saturated carbocycles. The van der Waals surface area contributed by atoms with Crippen LogP contribution < -0.4 is 0 Å². The molecule has 0 amide bonds. The fourth-order valence-corrected chi connectivity index (χ4v) is 2.26. The van der Waals surface area contributed by atoms with Crippen LogP contribution in [0, 0.1) is 0 Å². The van der Waals surface area contributed by atoms with Crippen molar-refractivity contribution < 1.29 is 14.7 Å². The molecule has 2 rings (SSSR count). The van der Waals surface area contributed by atoms with Gasteiger partial charge in [0.15, 0.2) is 5.78 Å². The van der Waals surface area contributed by atoms with Gasteiger partial charge in [0.1, 0.15) is 0 Å². The van der Waals surface area contributed by atoms with E-state index in [0.717, 1.165) is 0 Å². The molecule has 0 radical (unpaired) electrons. The van der Waals surface area contributed by atoms with Gasteiger partial charge in [0, 0.05) is 17.0 Å². The lowest BCUT2D eigenvalue weighted by molar-refractivity contribution is 0.0696. The lowest BCUT2D eigenvalue weighted by atomic mass is 9.99. The predicted molar refractivity (Wildman–Crippen MR) is 77.9 cm³/mol. The fourth-order valence-electron chi connectivity index (χ4n) is 1.86. The van der Waals surface area contributed by atoms with Gasteiger partial charge in [-0.15, -0.1) is 0 Å². The van der Waals surface area contributed by atoms with Crippen molar-refractivity contribution in [2.45, 2.75) is 6.42 Å². The number of aromatic carboxylic acids is 1. The Morgan fingerprint density at radius 2 is 1.70 bits per heavy atom. The average Bonchev–Trinajstić information content (AvgIpc) is 2.41. The maximum absolute atomic E-state index is 12.2. The average molecular weight is 309 g/mol. The van der Waals surface area contributed by atoms with Crippen LogP contribution in [0.3, 0.4) is 0 Å². The highest BCUT2D eigenvalue weighted by Crippen LogP contribution is 2.23. The minimum absolute atomic E-state index is 0.0392. The summed E-state index contributed by atoms with van der Waals surface area (Å²) in [6.45, 7) is 0. The quantitative estimate of drug-likeness (QED) is 0.864. The summed E-state index contributed by atoms with van der Waals surface area (Å²) in [6, 6.07) is 11.0. The topological polar surface area (TPSA) is 54.4 Å². The summed E-state index contributed by atoms with van der Waals surface area (Å²) in [5, 5.41) is 9.79. The molecular formula is C15H10Cl2O3. The Morgan fingerprint density at radius 1 is 1.00 bits per heavy atom. The van der Waals surface area contributed by atoms with Gasteiger partial charge in [-0.05, 0) is 29.8 Å². The molecule has 0 aliphatic carbocycles. The molecule has 0 fully saturated rings. The summed E-state index contributed by atoms with van der Waals surface area (Å²) in [6.07, 6.45) is -0.0392. The normalized spacial score (nSPS) is 10.3. The van der Waals surface area contributed by atoms with E-state index in [1.807, 2.05) is 0 Å². The van der Waals surface area contributed by atoms with Crippen LogP contribution in [0.1, 0.15) is 26.3 Å². The minimum Gasteiger partial charge on any atom is -0.478 e. The fraction of sp³-hybridized carbons (Fsp3) is 0.0667. The van der Waals surface area contributed by atoms with Crippen LogP contribution >= 0.6 is 23.2 Å². The second-order valence-corrected chi connectivity index (χ2v) is 5.03. The van der Waals surface area contributed by atoms with Crippen LogP contribution in [0.25, 0.3) is 0 Å². The Balaban J connectivity index is 2.33. The maximum Gasteiger partial charge on any atom is 0.335 e. The molecule has 102 valence electrons. The first-order chi connectivity index (χ1) is 9.49. The molecule has 20 heavy (non-hydrogen) atoms. The summed E-state index contributed by atoms with van der Waals surface area (Å²) in [4.78, 5) is 23.3. The highest BCUT2D eigenvalue weighted by Gasteiger charge is 2.16. The Labute approximate surface area is 125 Å². The van der Waals surface area contributed by atoms with Gasteiger partial charge in [-0.1, -0.05) is 41.4 Å². The van der Waals surface area contributed by atoms with Crippen LogP contribution in [-0.4, -0.2) is 16.9 Å². The molecule has 1 N–H and O–H groups in total. The van der Waals surface area contributed by atoms with Crippen molar-refractivity contribution in [1.82, 2.24) is 0 Å². The van der Waals surface area contributed by atoms with E-state index in [0.29, 0.717) is 21.2 Å². The number of carboxylic acid groups (broad SMARTS) is 1. The van der Waals surface area contributed by atoms with Crippen molar-refractivity contribution in [2.75, 3.05) is 0 Å². The predicted octanol–water partition coefficient (Wildman–Crippen LogP) is 4.12. The van der Waals surface area contributed by atoms with Crippen molar-refractivity contribution in [3.8, 4) is 0 Å². The van der Waals surface area contributed by atoms with E-state index in [1.165, 1.54) is 12.1 Å². The highest BCUT2D eigenvalue weighted by atomic mass is 35.5. The lowest BCUT2D eigenvalue weighted by Gasteiger charge is -2.07. The number of hydrogen-bond acceptors (Lipinski definition) is 2. The third kappa shape index (κ3) is 3.18. The minimum atomic E-state index is -1.06. The number of carbonyl (C=O) groups excluding carboxylic acids is 1. The molecule has 0 heterocycles. The third-order valence-corrected chi connectivity index (χ3v) is 3.39. The Bertz CT molecular complexity index is 681. The van der Waals surface area contributed by atoms with E-state index in [2.05, 4.69) is 0 Å². The number of carboxylic acids is 1. The van der Waals surface area contributed by atoms with Gasteiger partial charge in [-0.2, -0.15) is 0 Å². The largest absolute Gasteiger partial charge is 0.478 e. The van der Waals surface area contributed by atoms with Crippen molar-refractivity contribution in [3.63, 3.8) is 0 Å². The van der Waals surface area contributed by atoms with Crippen molar-refractivity contribution in [1.29, 1.82) is 0 Å². The smallest absolute Gasteiger partial charge is 0.335 e. The Morgan fingerprint density at radius 3 is 2.40 bits per heavy atom. The molecule has 5 heteroatoms. The van der Waals surface area contributed by atoms with E-state index in [1.54, 1.807) is 30.3 Å². The van der Waals surface area contributed by atoms with Gasteiger partial charge in [0.25, 0.3) is 0 Å². The van der Waals surface area contributed by atoms with E-state index in [4.69, 9.17) is 28.3 Å². The van der Waals surface area contributed by atoms with E-state index >= 15 is 0 Å². The zero-order chi connectivity index (χ0) is 14.7. The first-order valence-electron chi connectivity index (χ1n) is 5.78. The Hall–Kier alpha value is -1.84. The zero-order valence-electron chi connectivity index (χ0n) is 10.3. The van der Waals surface area contributed by atoms with Crippen LogP contribution in [0.4, 0.5) is 0 Å². The van der Waals surface area contributed by atoms with Crippen LogP contribution in [0.15, 0.2) is 42.5 Å². The summed E-state index contributed by atoms with van der Waals surface area (Å²) in [7, 11) is 0. The lowest BCUT2D eigenvalue weighted by Crippen LogP contribution is -2.09. The van der Waals surface area contributed by atoms with Crippen LogP contribution in [0.5, 0.6) is 0 Å². The molecule has 0 unspecified atom stereocenters. The number of halogens is 2. The summed E-state index contributed by atoms with van der Waals surface area (Å²) >= 11 is 11.8. The molecule has 3 nitrogen and oxygen atoms in total. The SMILES string of the molecule is O=C(Cc1ccccc1C(=O)O)c1cc(Cl)ccc1Cl. The van der Waals surface area contributed by atoms with Gasteiger partial charge in [0.05, 0.1) is 10.6 Å². The summed E-state index contributed by atoms with van der Waals surface area (Å²) in [5.41, 5.74) is 0.847. The number of Topliss-reactive ketones (excluding diaryl/α,β-unsaturated/α-hetero) is 1. The van der Waals surface area contributed by atoms with Crippen molar-refractivity contribution in [3.05, 3.63) is 69.2 Å². The first kappa shape index (κ1) is 14.6. The maximum atomic E-state index is 12.2. The van der Waals surface area contributed by atoms with Crippen LogP contribution in [-0.2, 0) is 6.42 Å². The second-order valence-electron chi connectivity index (χ2n) is 4.19. The number of hydrogen-bond donors (Lipinski definition) is 1. The molecule has 0 atom stereocenters. The van der Waals surface area contributed by atoms with E-state index in [9.17, 15) is 9.59 Å². The van der Waals surface area contributed by atoms with Gasteiger partial charge in [-0.25, -0.2) is 4.79 Å². The molecule has 2 aromatic carbocycles. The first-order valence-corrected chi connectivity index (χ1v) is 6.54. The molecule has 0 bridgehead atoms. The third-order valence-electron chi connectivity index (χ3n) is 2.83. The van der Waals surface area contributed by atoms with Gasteiger partial charge in [-0.3, -0.25) is 4.79 Å². The monoisotopic (exact) mass is 308 g/mol. The number of ketones is 1. The van der Waals surface area contributed by atoms with Gasteiger partial charge < -0.3 is 5.11 Å². The number of benzene rings is 2. The standard InChI is InChI=1S/C15H10Cl2O3/c16-10-5-6-13(17)12(8-10)14(18)7-9-3-1-2-4-11(9)15(19)20/h1-6,8H,7H2,(H,19,20). The molecule has 0 aliphatic heterocycles. The van der Waals surface area contributed by atoms with E-state index in [-0.39, 0.29) is 17.8 Å². The van der Waals surface area contributed by atoms with Gasteiger partial charge in [0.2, 0.25) is 0 Å². The highest BCUT2D eigenvalue weighted by molar-refractivity contribution is 6.36. The molecule has 0 aromatic heterocycles. The van der Waals surface area contributed by atoms with E-state index < -0.39 is 5.97 Å². The van der Waals surface area contributed by atoms with Crippen molar-refractivity contribution in [2.24, 2.45) is 0 Å². The molecule has 0 saturated heterocycles. The number of rotatable bonds is 4. The molecular weight excluding hydrogens is 299 g/mol.